The summed E-state index contributed by atoms with van der Waals surface area (Å²) in [7, 11) is 2.15. The molecule has 1 atom stereocenters. The van der Waals surface area contributed by atoms with Crippen molar-refractivity contribution in [3.8, 4) is 11.5 Å². The lowest BCUT2D eigenvalue weighted by Crippen LogP contribution is -2.33. The number of ether oxygens (including phenoxy) is 2. The summed E-state index contributed by atoms with van der Waals surface area (Å²) in [5.74, 6) is 2.77. The maximum absolute atomic E-state index is 6.59. The number of benzene rings is 2. The quantitative estimate of drug-likeness (QED) is 0.385. The number of aromatic nitrogens is 1. The molecule has 2 aliphatic rings. The Kier molecular flexibility index (Phi) is 7.56. The number of hydrogen-bond donors (Lipinski definition) is 0. The molecule has 188 valence electrons. The van der Waals surface area contributed by atoms with Gasteiger partial charge in [-0.1, -0.05) is 43.6 Å². The minimum atomic E-state index is 0.610. The first-order valence-corrected chi connectivity index (χ1v) is 13.4. The van der Waals surface area contributed by atoms with Gasteiger partial charge in [-0.25, -0.2) is 0 Å². The number of fused-ring (bicyclic) bond motifs is 2. The summed E-state index contributed by atoms with van der Waals surface area (Å²) < 4.78 is 14.0. The zero-order valence-electron chi connectivity index (χ0n) is 21.3. The molecule has 5 rings (SSSR count). The molecule has 5 nitrogen and oxygen atoms in total. The standard InChI is InChI=1S/C29H38ClN3O2/c1-21(2)16-33(19-23-14-26(30)29-27(15-23)34-12-5-13-35-29)18-22-8-11-32(17-22)20-25-7-4-6-24-9-10-31(3)28(24)25/h4,6-7,9-10,14-15,21-22H,5,8,11-13,16-20H2,1-3H3. The maximum Gasteiger partial charge on any atom is 0.179 e. The van der Waals surface area contributed by atoms with Crippen molar-refractivity contribution in [1.82, 2.24) is 14.4 Å². The minimum Gasteiger partial charge on any atom is -0.489 e. The summed E-state index contributed by atoms with van der Waals surface area (Å²) in [6, 6.07) is 13.1. The van der Waals surface area contributed by atoms with E-state index in [-0.39, 0.29) is 0 Å². The van der Waals surface area contributed by atoms with Gasteiger partial charge in [0.25, 0.3) is 0 Å². The van der Waals surface area contributed by atoms with Gasteiger partial charge in [0.2, 0.25) is 0 Å². The van der Waals surface area contributed by atoms with Crippen LogP contribution in [0.4, 0.5) is 0 Å². The normalized spacial score (nSPS) is 18.6. The van der Waals surface area contributed by atoms with Crippen LogP contribution in [0.2, 0.25) is 5.02 Å². The Morgan fingerprint density at radius 3 is 2.86 bits per heavy atom. The maximum atomic E-state index is 6.59. The predicted molar refractivity (Wildman–Crippen MR) is 143 cm³/mol. The molecule has 3 heterocycles. The van der Waals surface area contributed by atoms with E-state index >= 15 is 0 Å². The van der Waals surface area contributed by atoms with Crippen molar-refractivity contribution in [2.24, 2.45) is 18.9 Å². The van der Waals surface area contributed by atoms with E-state index in [0.717, 1.165) is 51.4 Å². The van der Waals surface area contributed by atoms with Crippen LogP contribution in [-0.2, 0) is 20.1 Å². The first-order chi connectivity index (χ1) is 17.0. The Morgan fingerprint density at radius 1 is 1.14 bits per heavy atom. The fourth-order valence-electron chi connectivity index (χ4n) is 5.74. The van der Waals surface area contributed by atoms with E-state index in [1.165, 1.54) is 28.5 Å². The van der Waals surface area contributed by atoms with Crippen molar-refractivity contribution < 1.29 is 9.47 Å². The molecule has 0 amide bonds. The lowest BCUT2D eigenvalue weighted by molar-refractivity contribution is 0.196. The lowest BCUT2D eigenvalue weighted by Gasteiger charge is -2.28. The van der Waals surface area contributed by atoms with Gasteiger partial charge in [-0.05, 0) is 59.5 Å². The zero-order chi connectivity index (χ0) is 24.4. The number of aryl methyl sites for hydroxylation is 1. The number of halogens is 1. The Hall–Kier alpha value is -2.21. The van der Waals surface area contributed by atoms with Crippen molar-refractivity contribution in [2.75, 3.05) is 39.4 Å². The van der Waals surface area contributed by atoms with Crippen molar-refractivity contribution in [1.29, 1.82) is 0 Å². The van der Waals surface area contributed by atoms with E-state index in [9.17, 15) is 0 Å². The molecular weight excluding hydrogens is 458 g/mol. The highest BCUT2D eigenvalue weighted by Crippen LogP contribution is 2.38. The lowest BCUT2D eigenvalue weighted by atomic mass is 10.1. The number of rotatable bonds is 8. The van der Waals surface area contributed by atoms with E-state index in [1.807, 2.05) is 0 Å². The fourth-order valence-corrected chi connectivity index (χ4v) is 6.02. The van der Waals surface area contributed by atoms with E-state index in [4.69, 9.17) is 21.1 Å². The molecule has 3 aromatic rings. The van der Waals surface area contributed by atoms with Crippen LogP contribution in [-0.4, -0.2) is 53.8 Å². The monoisotopic (exact) mass is 495 g/mol. The molecule has 35 heavy (non-hydrogen) atoms. The zero-order valence-corrected chi connectivity index (χ0v) is 22.1. The molecule has 2 aliphatic heterocycles. The third-order valence-electron chi connectivity index (χ3n) is 7.15. The smallest absolute Gasteiger partial charge is 0.179 e. The molecule has 1 fully saturated rings. The van der Waals surface area contributed by atoms with E-state index < -0.39 is 0 Å². The van der Waals surface area contributed by atoms with Gasteiger partial charge in [0.05, 0.1) is 23.8 Å². The second-order valence-electron chi connectivity index (χ2n) is 10.7. The Morgan fingerprint density at radius 2 is 2.00 bits per heavy atom. The van der Waals surface area contributed by atoms with Crippen molar-refractivity contribution >= 4 is 22.5 Å². The summed E-state index contributed by atoms with van der Waals surface area (Å²) in [5, 5.41) is 1.99. The van der Waals surface area contributed by atoms with Gasteiger partial charge in [-0.15, -0.1) is 0 Å². The Balaban J connectivity index is 1.24. The molecule has 1 aromatic heterocycles. The Bertz CT molecular complexity index is 1160. The minimum absolute atomic E-state index is 0.610. The fraction of sp³-hybridized carbons (Fsp3) is 0.517. The van der Waals surface area contributed by atoms with Crippen LogP contribution in [0.25, 0.3) is 10.9 Å². The second kappa shape index (κ2) is 10.8. The molecule has 0 saturated carbocycles. The molecule has 0 spiro atoms. The number of likely N-dealkylation sites (tertiary alicyclic amines) is 1. The number of nitrogens with zero attached hydrogens (tertiary/aromatic N) is 3. The first kappa shape index (κ1) is 24.5. The third kappa shape index (κ3) is 5.79. The molecule has 2 aromatic carbocycles. The Labute approximate surface area is 214 Å². The van der Waals surface area contributed by atoms with E-state index in [0.29, 0.717) is 35.8 Å². The van der Waals surface area contributed by atoms with E-state index in [1.54, 1.807) is 0 Å². The summed E-state index contributed by atoms with van der Waals surface area (Å²) >= 11 is 6.59. The summed E-state index contributed by atoms with van der Waals surface area (Å²) in [6.07, 6.45) is 4.30. The van der Waals surface area contributed by atoms with Gasteiger partial charge in [0.15, 0.2) is 11.5 Å². The van der Waals surface area contributed by atoms with Crippen LogP contribution in [0, 0.1) is 11.8 Å². The molecule has 0 N–H and O–H groups in total. The van der Waals surface area contributed by atoms with Gasteiger partial charge in [0.1, 0.15) is 0 Å². The van der Waals surface area contributed by atoms with Gasteiger partial charge < -0.3 is 14.0 Å². The van der Waals surface area contributed by atoms with Crippen LogP contribution in [0.1, 0.15) is 37.8 Å². The topological polar surface area (TPSA) is 29.9 Å². The summed E-state index contributed by atoms with van der Waals surface area (Å²) in [4.78, 5) is 5.23. The number of hydrogen-bond acceptors (Lipinski definition) is 4. The van der Waals surface area contributed by atoms with Gasteiger partial charge in [0, 0.05) is 52.4 Å². The second-order valence-corrected chi connectivity index (χ2v) is 11.1. The van der Waals surface area contributed by atoms with Crippen LogP contribution in [0.15, 0.2) is 42.6 Å². The molecule has 0 radical (unpaired) electrons. The molecule has 0 bridgehead atoms. The van der Waals surface area contributed by atoms with Crippen molar-refractivity contribution in [2.45, 2.75) is 39.8 Å². The van der Waals surface area contributed by atoms with Gasteiger partial charge >= 0.3 is 0 Å². The van der Waals surface area contributed by atoms with Gasteiger partial charge in [-0.3, -0.25) is 9.80 Å². The molecule has 1 unspecified atom stereocenters. The average Bonchev–Trinajstić information content (AvgIpc) is 3.32. The number of para-hydroxylation sites is 1. The summed E-state index contributed by atoms with van der Waals surface area (Å²) in [6.45, 7) is 12.3. The summed E-state index contributed by atoms with van der Waals surface area (Å²) in [5.41, 5.74) is 3.99. The van der Waals surface area contributed by atoms with Gasteiger partial charge in [-0.2, -0.15) is 0 Å². The highest BCUT2D eigenvalue weighted by molar-refractivity contribution is 6.32. The first-order valence-electron chi connectivity index (χ1n) is 13.0. The predicted octanol–water partition coefficient (Wildman–Crippen LogP) is 5.97. The molecule has 6 heteroatoms. The largest absolute Gasteiger partial charge is 0.489 e. The average molecular weight is 496 g/mol. The highest BCUT2D eigenvalue weighted by Gasteiger charge is 2.26. The third-order valence-corrected chi connectivity index (χ3v) is 7.43. The SMILES string of the molecule is CC(C)CN(Cc1cc(Cl)c2c(c1)OCCCO2)CC1CCN(Cc2cccc3ccn(C)c23)C1. The van der Waals surface area contributed by atoms with Crippen LogP contribution >= 0.6 is 11.6 Å². The highest BCUT2D eigenvalue weighted by atomic mass is 35.5. The van der Waals surface area contributed by atoms with Crippen molar-refractivity contribution in [3.63, 3.8) is 0 Å². The van der Waals surface area contributed by atoms with E-state index in [2.05, 4.69) is 77.9 Å². The van der Waals surface area contributed by atoms with Crippen LogP contribution in [0.3, 0.4) is 0 Å². The van der Waals surface area contributed by atoms with Crippen LogP contribution < -0.4 is 9.47 Å². The van der Waals surface area contributed by atoms with Crippen LogP contribution in [0.5, 0.6) is 11.5 Å². The molecule has 0 aliphatic carbocycles. The van der Waals surface area contributed by atoms with Crippen molar-refractivity contribution in [3.05, 3.63) is 58.7 Å². The molecule has 1 saturated heterocycles. The molecular formula is C29H38ClN3O2.